The van der Waals surface area contributed by atoms with Gasteiger partial charge in [0.05, 0.1) is 0 Å². The van der Waals surface area contributed by atoms with E-state index in [-0.39, 0.29) is 24.8 Å². The molecular weight excluding hydrogens is 739 g/mol. The molecule has 0 spiro atoms. The Labute approximate surface area is 321 Å². The fourth-order valence-corrected chi connectivity index (χ4v) is 28.8. The number of benzene rings is 6. The maximum atomic E-state index is 2.68. The van der Waals surface area contributed by atoms with Crippen molar-refractivity contribution in [2.24, 2.45) is 0 Å². The van der Waals surface area contributed by atoms with Crippen molar-refractivity contribution in [3.63, 3.8) is 0 Å². The van der Waals surface area contributed by atoms with Gasteiger partial charge in [-0.15, -0.1) is 0 Å². The van der Waals surface area contributed by atoms with Gasteiger partial charge < -0.3 is 24.8 Å². The SMILES string of the molecule is CCC1=Cc2c(-c3cccc4ccccc34)c(C)cc(C)c2[CH]1[Zr+2]1([CH]2C(CC)=Cc3c(-c4cccc5ccccc45)c(C)cc(C)c32)[CH2][CH2]1.[Cl-].[Cl-]. The van der Waals surface area contributed by atoms with Crippen LogP contribution in [0.1, 0.15) is 78.4 Å². The second-order valence-electron chi connectivity index (χ2n) is 15.2. The molecule has 2 aliphatic carbocycles. The van der Waals surface area contributed by atoms with Crippen LogP contribution in [0.15, 0.2) is 108 Å². The summed E-state index contributed by atoms with van der Waals surface area (Å²) in [7, 11) is 0. The summed E-state index contributed by atoms with van der Waals surface area (Å²) < 4.78 is 4.28. The number of hydrogen-bond acceptors (Lipinski definition) is 0. The number of rotatable bonds is 6. The van der Waals surface area contributed by atoms with Crippen molar-refractivity contribution in [3.8, 4) is 22.3 Å². The van der Waals surface area contributed by atoms with E-state index < -0.39 is 20.3 Å². The van der Waals surface area contributed by atoms with E-state index in [0.29, 0.717) is 7.25 Å². The third-order valence-corrected chi connectivity index (χ3v) is 25.5. The minimum Gasteiger partial charge on any atom is -1.00 e. The zero-order chi connectivity index (χ0) is 33.6. The molecule has 0 nitrogen and oxygen atoms in total. The van der Waals surface area contributed by atoms with E-state index in [2.05, 4.69) is 151 Å². The summed E-state index contributed by atoms with van der Waals surface area (Å²) in [6.07, 6.45) is 7.65. The first-order valence-corrected chi connectivity index (χ1v) is 24.8. The Bertz CT molecular complexity index is 2250. The van der Waals surface area contributed by atoms with Crippen molar-refractivity contribution in [2.75, 3.05) is 0 Å². The normalized spacial score (nSPS) is 17.5. The predicted molar refractivity (Wildman–Crippen MR) is 209 cm³/mol. The van der Waals surface area contributed by atoms with Gasteiger partial charge in [-0.2, -0.15) is 0 Å². The van der Waals surface area contributed by atoms with E-state index >= 15 is 0 Å². The zero-order valence-electron chi connectivity index (χ0n) is 30.6. The van der Waals surface area contributed by atoms with Crippen molar-refractivity contribution in [1.29, 1.82) is 0 Å². The zero-order valence-corrected chi connectivity index (χ0v) is 34.6. The molecule has 2 atom stereocenters. The maximum Gasteiger partial charge on any atom is -1.00 e. The molecule has 6 aromatic carbocycles. The second kappa shape index (κ2) is 13.6. The van der Waals surface area contributed by atoms with E-state index in [1.807, 2.05) is 0 Å². The van der Waals surface area contributed by atoms with Gasteiger partial charge in [-0.3, -0.25) is 0 Å². The average molecular weight is 785 g/mol. The van der Waals surface area contributed by atoms with Crippen LogP contribution in [-0.2, 0) is 20.3 Å². The Morgan fingerprint density at radius 3 is 1.29 bits per heavy atom. The molecule has 3 heteroatoms. The van der Waals surface area contributed by atoms with E-state index in [4.69, 9.17) is 0 Å². The van der Waals surface area contributed by atoms with Crippen LogP contribution in [0.5, 0.6) is 0 Å². The quantitative estimate of drug-likeness (QED) is 0.161. The van der Waals surface area contributed by atoms with Gasteiger partial charge in [0, 0.05) is 0 Å². The molecule has 0 radical (unpaired) electrons. The molecule has 9 rings (SSSR count). The molecule has 0 aromatic heterocycles. The molecule has 0 saturated carbocycles. The van der Waals surface area contributed by atoms with Crippen molar-refractivity contribution in [1.82, 2.24) is 0 Å². The van der Waals surface area contributed by atoms with Crippen LogP contribution in [0.25, 0.3) is 56.0 Å². The van der Waals surface area contributed by atoms with Gasteiger partial charge in [-0.1, -0.05) is 0 Å². The summed E-state index contributed by atoms with van der Waals surface area (Å²) in [5.41, 5.74) is 21.5. The van der Waals surface area contributed by atoms with Crippen molar-refractivity contribution in [3.05, 3.63) is 153 Å². The summed E-state index contributed by atoms with van der Waals surface area (Å²) >= 11 is -2.90. The predicted octanol–water partition coefficient (Wildman–Crippen LogP) is 7.97. The topological polar surface area (TPSA) is 0 Å². The standard InChI is InChI=1S/2C23H21.C2H4.2ClH.Zr/c2*1-4-17-13-21-15(2)12-16(3)23(22(21)14-17)20-11-7-9-18-8-5-6-10-19(18)20;1-2;;;/h2*5-14H,4H2,1-3H3;1-2H2;2*1H;/q;;;;;+2/p-2. The summed E-state index contributed by atoms with van der Waals surface area (Å²) in [4.78, 5) is 0. The molecule has 1 saturated heterocycles. The molecule has 6 aromatic rings. The molecule has 1 fully saturated rings. The van der Waals surface area contributed by atoms with Gasteiger partial charge in [-0.05, 0) is 0 Å². The molecule has 51 heavy (non-hydrogen) atoms. The Kier molecular flexibility index (Phi) is 9.67. The van der Waals surface area contributed by atoms with Gasteiger partial charge in [0.25, 0.3) is 0 Å². The van der Waals surface area contributed by atoms with E-state index in [1.54, 1.807) is 22.3 Å². The van der Waals surface area contributed by atoms with Crippen LogP contribution in [-0.4, -0.2) is 0 Å². The first-order chi connectivity index (χ1) is 23.9. The summed E-state index contributed by atoms with van der Waals surface area (Å²) in [6, 6.07) is 36.8. The Balaban J connectivity index is 0.00000203. The van der Waals surface area contributed by atoms with Crippen LogP contribution in [0.2, 0.25) is 8.26 Å². The fourth-order valence-electron chi connectivity index (χ4n) is 10.5. The minimum absolute atomic E-state index is 0. The van der Waals surface area contributed by atoms with Gasteiger partial charge in [0.1, 0.15) is 0 Å². The summed E-state index contributed by atoms with van der Waals surface area (Å²) in [5, 5.41) is 5.39. The van der Waals surface area contributed by atoms with Gasteiger partial charge >= 0.3 is 299 Å². The first kappa shape index (κ1) is 36.2. The third-order valence-electron chi connectivity index (χ3n) is 12.5. The van der Waals surface area contributed by atoms with Crippen LogP contribution in [0.3, 0.4) is 0 Å². The summed E-state index contributed by atoms with van der Waals surface area (Å²) in [5.74, 6) is 0. The van der Waals surface area contributed by atoms with E-state index in [0.717, 1.165) is 12.8 Å². The molecule has 2 unspecified atom stereocenters. The molecule has 1 heterocycles. The van der Waals surface area contributed by atoms with Crippen LogP contribution < -0.4 is 24.8 Å². The van der Waals surface area contributed by atoms with Gasteiger partial charge in [0.2, 0.25) is 0 Å². The van der Waals surface area contributed by atoms with Crippen LogP contribution in [0.4, 0.5) is 0 Å². The van der Waals surface area contributed by atoms with Crippen molar-refractivity contribution < 1.29 is 45.1 Å². The summed E-state index contributed by atoms with van der Waals surface area (Å²) in [6.45, 7) is 14.4. The van der Waals surface area contributed by atoms with E-state index in [1.165, 1.54) is 85.4 Å². The first-order valence-electron chi connectivity index (χ1n) is 18.5. The number of allylic oxidation sites excluding steroid dienone is 2. The van der Waals surface area contributed by atoms with Crippen molar-refractivity contribution in [2.45, 2.75) is 69.9 Å². The van der Waals surface area contributed by atoms with E-state index in [9.17, 15) is 0 Å². The number of hydrogen-bond donors (Lipinski definition) is 0. The Hall–Kier alpha value is -3.22. The second-order valence-corrected chi connectivity index (χ2v) is 26.6. The smallest absolute Gasteiger partial charge is 1.00 e. The fraction of sp³-hybridized carbons (Fsp3) is 0.250. The molecule has 3 aliphatic rings. The molecule has 0 amide bonds. The molecule has 1 aliphatic heterocycles. The largest absolute Gasteiger partial charge is 1.00 e. The molecule has 0 N–H and O–H groups in total. The van der Waals surface area contributed by atoms with Crippen molar-refractivity contribution >= 4 is 33.7 Å². The minimum atomic E-state index is -2.90. The van der Waals surface area contributed by atoms with Crippen LogP contribution in [0, 0.1) is 27.7 Å². The monoisotopic (exact) mass is 782 g/mol. The van der Waals surface area contributed by atoms with Gasteiger partial charge in [0.15, 0.2) is 0 Å². The molecule has 256 valence electrons. The maximum absolute atomic E-state index is 2.90. The Morgan fingerprint density at radius 1 is 0.510 bits per heavy atom. The molecular formula is C48H46Cl2Zr. The number of aryl methyl sites for hydroxylation is 4. The molecule has 0 bridgehead atoms. The number of halogens is 2. The number of fused-ring (bicyclic) bond motifs is 4. The van der Waals surface area contributed by atoms with Crippen LogP contribution >= 0.6 is 0 Å². The Morgan fingerprint density at radius 2 is 0.902 bits per heavy atom. The third kappa shape index (κ3) is 5.40. The van der Waals surface area contributed by atoms with Gasteiger partial charge in [-0.25, -0.2) is 0 Å². The average Bonchev–Trinajstić information content (AvgIpc) is 3.64.